The summed E-state index contributed by atoms with van der Waals surface area (Å²) in [4.78, 5) is 12.3. The van der Waals surface area contributed by atoms with Crippen molar-refractivity contribution in [3.05, 3.63) is 0 Å². The zero-order chi connectivity index (χ0) is 10.3. The molecule has 4 nitrogen and oxygen atoms in total. The monoisotopic (exact) mass is 199 g/mol. The summed E-state index contributed by atoms with van der Waals surface area (Å²) in [5.41, 5.74) is -0.134. The molecular formula is C10H17NO3. The van der Waals surface area contributed by atoms with Gasteiger partial charge in [-0.05, 0) is 18.8 Å². The zero-order valence-corrected chi connectivity index (χ0v) is 8.69. The second-order valence-electron chi connectivity index (χ2n) is 4.76. The number of epoxide rings is 1. The van der Waals surface area contributed by atoms with Crippen molar-refractivity contribution in [2.24, 2.45) is 5.92 Å². The lowest BCUT2D eigenvalue weighted by atomic mass is 9.89. The van der Waals surface area contributed by atoms with Gasteiger partial charge < -0.3 is 14.7 Å². The summed E-state index contributed by atoms with van der Waals surface area (Å²) in [6.45, 7) is 5.48. The fourth-order valence-corrected chi connectivity index (χ4v) is 2.48. The molecular weight excluding hydrogens is 182 g/mol. The minimum atomic E-state index is -0.818. The van der Waals surface area contributed by atoms with Crippen LogP contribution in [0.5, 0.6) is 0 Å². The summed E-state index contributed by atoms with van der Waals surface area (Å²) < 4.78 is 5.65. The average Bonchev–Trinajstić information content (AvgIpc) is 2.74. The lowest BCUT2D eigenvalue weighted by molar-refractivity contribution is 0.121. The van der Waals surface area contributed by atoms with E-state index in [-0.39, 0.29) is 5.60 Å². The molecule has 0 radical (unpaired) electrons. The number of carboxylic acid groups (broad SMARTS) is 1. The molecule has 0 aromatic carbocycles. The van der Waals surface area contributed by atoms with E-state index in [0.29, 0.717) is 25.1 Å². The number of ether oxygens (including phenoxy) is 1. The van der Waals surface area contributed by atoms with Crippen LogP contribution >= 0.6 is 0 Å². The third-order valence-electron chi connectivity index (χ3n) is 3.05. The van der Waals surface area contributed by atoms with Crippen LogP contribution in [0.25, 0.3) is 0 Å². The molecule has 2 aliphatic heterocycles. The molecule has 0 aliphatic carbocycles. The smallest absolute Gasteiger partial charge is 0.407 e. The number of piperidine rings is 1. The van der Waals surface area contributed by atoms with Crippen LogP contribution in [-0.4, -0.2) is 40.9 Å². The molecule has 0 bridgehead atoms. The predicted octanol–water partition coefficient (Wildman–Crippen LogP) is 1.55. The number of hydrogen-bond donors (Lipinski definition) is 1. The van der Waals surface area contributed by atoms with E-state index in [4.69, 9.17) is 9.84 Å². The molecule has 2 rings (SSSR count). The first-order valence-electron chi connectivity index (χ1n) is 5.19. The Morgan fingerprint density at radius 1 is 1.71 bits per heavy atom. The van der Waals surface area contributed by atoms with Gasteiger partial charge in [0.25, 0.3) is 0 Å². The lowest BCUT2D eigenvalue weighted by Crippen LogP contribution is -2.44. The van der Waals surface area contributed by atoms with Crippen molar-refractivity contribution in [1.82, 2.24) is 4.90 Å². The summed E-state index contributed by atoms with van der Waals surface area (Å²) in [5.74, 6) is 0.564. The van der Waals surface area contributed by atoms with Crippen LogP contribution in [0.4, 0.5) is 4.79 Å². The molecule has 80 valence electrons. The summed E-state index contributed by atoms with van der Waals surface area (Å²) in [6.07, 6.45) is 1.34. The highest BCUT2D eigenvalue weighted by molar-refractivity contribution is 5.65. The molecule has 0 aromatic rings. The van der Waals surface area contributed by atoms with E-state index in [1.54, 1.807) is 0 Å². The SMILES string of the molecule is CC(C)CC12CN(C(=O)O)CCC1O2. The molecule has 0 aromatic heterocycles. The maximum Gasteiger partial charge on any atom is 0.407 e. The van der Waals surface area contributed by atoms with Crippen LogP contribution in [0.3, 0.4) is 0 Å². The van der Waals surface area contributed by atoms with E-state index in [2.05, 4.69) is 13.8 Å². The van der Waals surface area contributed by atoms with Gasteiger partial charge in [0.15, 0.2) is 0 Å². The van der Waals surface area contributed by atoms with Gasteiger partial charge in [0.2, 0.25) is 0 Å². The van der Waals surface area contributed by atoms with E-state index in [1.807, 2.05) is 0 Å². The first-order chi connectivity index (χ1) is 6.53. The van der Waals surface area contributed by atoms with Crippen LogP contribution in [0.1, 0.15) is 26.7 Å². The first kappa shape index (κ1) is 9.77. The fourth-order valence-electron chi connectivity index (χ4n) is 2.48. The van der Waals surface area contributed by atoms with Crippen molar-refractivity contribution in [3.63, 3.8) is 0 Å². The van der Waals surface area contributed by atoms with Crippen molar-refractivity contribution in [2.45, 2.75) is 38.4 Å². The molecule has 2 fully saturated rings. The molecule has 14 heavy (non-hydrogen) atoms. The largest absolute Gasteiger partial charge is 0.465 e. The number of likely N-dealkylation sites (tertiary alicyclic amines) is 1. The second-order valence-corrected chi connectivity index (χ2v) is 4.76. The highest BCUT2D eigenvalue weighted by Crippen LogP contribution is 2.47. The molecule has 1 amide bonds. The minimum Gasteiger partial charge on any atom is -0.465 e. The van der Waals surface area contributed by atoms with Gasteiger partial charge in [0.05, 0.1) is 12.6 Å². The van der Waals surface area contributed by atoms with Crippen LogP contribution < -0.4 is 0 Å². The molecule has 0 spiro atoms. The quantitative estimate of drug-likeness (QED) is 0.686. The van der Waals surface area contributed by atoms with Crippen molar-refractivity contribution < 1.29 is 14.6 Å². The zero-order valence-electron chi connectivity index (χ0n) is 8.69. The van der Waals surface area contributed by atoms with Gasteiger partial charge in [0.1, 0.15) is 5.60 Å². The van der Waals surface area contributed by atoms with Gasteiger partial charge in [0, 0.05) is 6.54 Å². The third-order valence-corrected chi connectivity index (χ3v) is 3.05. The van der Waals surface area contributed by atoms with Crippen molar-refractivity contribution in [2.75, 3.05) is 13.1 Å². The summed E-state index contributed by atoms with van der Waals surface area (Å²) >= 11 is 0. The molecule has 0 saturated carbocycles. The average molecular weight is 199 g/mol. The van der Waals surface area contributed by atoms with Gasteiger partial charge in [-0.15, -0.1) is 0 Å². The maximum atomic E-state index is 10.8. The van der Waals surface area contributed by atoms with Gasteiger partial charge in [-0.25, -0.2) is 4.79 Å². The van der Waals surface area contributed by atoms with Crippen LogP contribution in [0, 0.1) is 5.92 Å². The predicted molar refractivity (Wildman–Crippen MR) is 51.3 cm³/mol. The van der Waals surface area contributed by atoms with E-state index in [9.17, 15) is 4.79 Å². The topological polar surface area (TPSA) is 53.1 Å². The summed E-state index contributed by atoms with van der Waals surface area (Å²) in [6, 6.07) is 0. The Morgan fingerprint density at radius 2 is 2.43 bits per heavy atom. The molecule has 1 N–H and O–H groups in total. The minimum absolute atomic E-state index is 0.134. The number of hydrogen-bond acceptors (Lipinski definition) is 2. The highest BCUT2D eigenvalue weighted by Gasteiger charge is 2.59. The molecule has 2 atom stereocenters. The van der Waals surface area contributed by atoms with Gasteiger partial charge in [-0.2, -0.15) is 0 Å². The second kappa shape index (κ2) is 3.12. The van der Waals surface area contributed by atoms with Crippen molar-refractivity contribution in [1.29, 1.82) is 0 Å². The van der Waals surface area contributed by atoms with Crippen molar-refractivity contribution in [3.8, 4) is 0 Å². The Kier molecular flexibility index (Phi) is 2.18. The van der Waals surface area contributed by atoms with E-state index in [0.717, 1.165) is 12.8 Å². The maximum absolute atomic E-state index is 10.8. The van der Waals surface area contributed by atoms with Gasteiger partial charge in [-0.1, -0.05) is 13.8 Å². The van der Waals surface area contributed by atoms with E-state index < -0.39 is 6.09 Å². The highest BCUT2D eigenvalue weighted by atomic mass is 16.6. The number of carbonyl (C=O) groups is 1. The van der Waals surface area contributed by atoms with Crippen molar-refractivity contribution >= 4 is 6.09 Å². The van der Waals surface area contributed by atoms with Crippen LogP contribution in [0.2, 0.25) is 0 Å². The Morgan fingerprint density at radius 3 is 3.00 bits per heavy atom. The first-order valence-corrected chi connectivity index (χ1v) is 5.19. The standard InChI is InChI=1S/C10H17NO3/c1-7(2)5-10-6-11(9(12)13)4-3-8(10)14-10/h7-8H,3-6H2,1-2H3,(H,12,13). The molecule has 2 saturated heterocycles. The Hall–Kier alpha value is -0.770. The number of fused-ring (bicyclic) bond motifs is 1. The number of rotatable bonds is 2. The third kappa shape index (κ3) is 1.59. The summed E-state index contributed by atoms with van der Waals surface area (Å²) in [7, 11) is 0. The normalized spacial score (nSPS) is 35.6. The van der Waals surface area contributed by atoms with E-state index in [1.165, 1.54) is 4.90 Å². The molecule has 2 heterocycles. The van der Waals surface area contributed by atoms with Gasteiger partial charge in [-0.3, -0.25) is 0 Å². The Bertz CT molecular complexity index is 254. The van der Waals surface area contributed by atoms with E-state index >= 15 is 0 Å². The fraction of sp³-hybridized carbons (Fsp3) is 0.900. The number of amides is 1. The Labute approximate surface area is 83.8 Å². The summed E-state index contributed by atoms with van der Waals surface area (Å²) in [5, 5.41) is 8.89. The Balaban J connectivity index is 1.99. The molecule has 4 heteroatoms. The lowest BCUT2D eigenvalue weighted by Gasteiger charge is -2.28. The van der Waals surface area contributed by atoms with Crippen LogP contribution in [0.15, 0.2) is 0 Å². The molecule has 2 aliphatic rings. The van der Waals surface area contributed by atoms with Crippen LogP contribution in [-0.2, 0) is 4.74 Å². The molecule has 2 unspecified atom stereocenters. The van der Waals surface area contributed by atoms with Gasteiger partial charge >= 0.3 is 6.09 Å². The number of nitrogens with zero attached hydrogens (tertiary/aromatic N) is 1.